The van der Waals surface area contributed by atoms with Crippen LogP contribution in [-0.4, -0.2) is 13.7 Å². The molecule has 4 heteroatoms. The quantitative estimate of drug-likeness (QED) is 0.721. The minimum atomic E-state index is -0.211. The third-order valence-corrected chi connectivity index (χ3v) is 4.26. The molecule has 0 aliphatic rings. The standard InChI is InChI=1S/C17H19FINO/c1-3-10-20-17(13-9-8-12(18)11-15(13)19)14-6-4-5-7-16(14)21-2/h4-9,11,17,20H,3,10H2,1-2H3. The normalized spacial score (nSPS) is 12.2. The number of hydrogen-bond donors (Lipinski definition) is 1. The summed E-state index contributed by atoms with van der Waals surface area (Å²) in [7, 11) is 1.67. The van der Waals surface area contributed by atoms with Gasteiger partial charge in [-0.15, -0.1) is 0 Å². The molecule has 0 bridgehead atoms. The number of hydrogen-bond acceptors (Lipinski definition) is 2. The Kier molecular flexibility index (Phi) is 5.99. The Morgan fingerprint density at radius 3 is 2.62 bits per heavy atom. The highest BCUT2D eigenvalue weighted by Crippen LogP contribution is 2.32. The Morgan fingerprint density at radius 1 is 1.19 bits per heavy atom. The number of ether oxygens (including phenoxy) is 1. The van der Waals surface area contributed by atoms with Crippen molar-refractivity contribution in [2.75, 3.05) is 13.7 Å². The van der Waals surface area contributed by atoms with Gasteiger partial charge >= 0.3 is 0 Å². The van der Waals surface area contributed by atoms with Gasteiger partial charge in [-0.2, -0.15) is 0 Å². The van der Waals surface area contributed by atoms with Crippen LogP contribution in [0.4, 0.5) is 4.39 Å². The molecule has 0 radical (unpaired) electrons. The monoisotopic (exact) mass is 399 g/mol. The second-order valence-electron chi connectivity index (χ2n) is 4.79. The summed E-state index contributed by atoms with van der Waals surface area (Å²) in [5.74, 6) is 0.628. The van der Waals surface area contributed by atoms with Gasteiger partial charge in [0.05, 0.1) is 13.2 Å². The van der Waals surface area contributed by atoms with Crippen molar-refractivity contribution in [2.24, 2.45) is 0 Å². The second-order valence-corrected chi connectivity index (χ2v) is 5.96. The lowest BCUT2D eigenvalue weighted by molar-refractivity contribution is 0.403. The maximum atomic E-state index is 13.4. The summed E-state index contributed by atoms with van der Waals surface area (Å²) in [6.45, 7) is 3.01. The number of rotatable bonds is 6. The van der Waals surface area contributed by atoms with Crippen LogP contribution in [0.25, 0.3) is 0 Å². The van der Waals surface area contributed by atoms with Crippen molar-refractivity contribution in [1.82, 2.24) is 5.32 Å². The van der Waals surface area contributed by atoms with E-state index in [2.05, 4.69) is 34.8 Å². The Morgan fingerprint density at radius 2 is 1.95 bits per heavy atom. The third-order valence-electron chi connectivity index (χ3n) is 3.32. The molecule has 0 amide bonds. The van der Waals surface area contributed by atoms with Crippen LogP contribution in [-0.2, 0) is 0 Å². The van der Waals surface area contributed by atoms with Gasteiger partial charge in [-0.05, 0) is 59.3 Å². The van der Waals surface area contributed by atoms with E-state index in [0.29, 0.717) is 0 Å². The van der Waals surface area contributed by atoms with Gasteiger partial charge in [0.2, 0.25) is 0 Å². The Hall–Kier alpha value is -1.14. The highest BCUT2D eigenvalue weighted by molar-refractivity contribution is 14.1. The molecule has 1 N–H and O–H groups in total. The fourth-order valence-corrected chi connectivity index (χ4v) is 3.11. The Labute approximate surface area is 138 Å². The van der Waals surface area contributed by atoms with Crippen molar-refractivity contribution in [3.8, 4) is 5.75 Å². The first-order valence-corrected chi connectivity index (χ1v) is 8.06. The predicted molar refractivity (Wildman–Crippen MR) is 92.2 cm³/mol. The Bertz CT molecular complexity index is 603. The fraction of sp³-hybridized carbons (Fsp3) is 0.294. The summed E-state index contributed by atoms with van der Waals surface area (Å²) in [4.78, 5) is 0. The van der Waals surface area contributed by atoms with Crippen molar-refractivity contribution in [2.45, 2.75) is 19.4 Å². The van der Waals surface area contributed by atoms with Gasteiger partial charge in [-0.25, -0.2) is 4.39 Å². The Balaban J connectivity index is 2.47. The van der Waals surface area contributed by atoms with E-state index in [4.69, 9.17) is 4.74 Å². The highest BCUT2D eigenvalue weighted by atomic mass is 127. The van der Waals surface area contributed by atoms with Gasteiger partial charge in [-0.1, -0.05) is 31.2 Å². The molecule has 0 spiro atoms. The lowest BCUT2D eigenvalue weighted by Gasteiger charge is -2.23. The molecule has 112 valence electrons. The molecule has 2 rings (SSSR count). The van der Waals surface area contributed by atoms with Crippen molar-refractivity contribution >= 4 is 22.6 Å². The molecule has 2 aromatic rings. The van der Waals surface area contributed by atoms with E-state index in [-0.39, 0.29) is 11.9 Å². The van der Waals surface area contributed by atoms with Crippen LogP contribution in [0.1, 0.15) is 30.5 Å². The summed E-state index contributed by atoms with van der Waals surface area (Å²) < 4.78 is 19.7. The molecule has 1 unspecified atom stereocenters. The lowest BCUT2D eigenvalue weighted by atomic mass is 9.97. The molecule has 0 saturated carbocycles. The molecule has 0 aromatic heterocycles. The molecule has 0 aliphatic carbocycles. The summed E-state index contributed by atoms with van der Waals surface area (Å²) in [5.41, 5.74) is 2.13. The van der Waals surface area contributed by atoms with Crippen molar-refractivity contribution < 1.29 is 9.13 Å². The van der Waals surface area contributed by atoms with E-state index in [9.17, 15) is 4.39 Å². The van der Waals surface area contributed by atoms with Crippen LogP contribution in [0.5, 0.6) is 5.75 Å². The SMILES string of the molecule is CCCNC(c1ccc(F)cc1I)c1ccccc1OC. The molecule has 1 atom stereocenters. The smallest absolute Gasteiger partial charge is 0.124 e. The van der Waals surface area contributed by atoms with Crippen LogP contribution < -0.4 is 10.1 Å². The van der Waals surface area contributed by atoms with Crippen molar-refractivity contribution in [3.05, 3.63) is 63.0 Å². The topological polar surface area (TPSA) is 21.3 Å². The maximum absolute atomic E-state index is 13.4. The van der Waals surface area contributed by atoms with Crippen LogP contribution >= 0.6 is 22.6 Å². The highest BCUT2D eigenvalue weighted by Gasteiger charge is 2.19. The average molecular weight is 399 g/mol. The molecule has 0 fully saturated rings. The average Bonchev–Trinajstić information content (AvgIpc) is 2.49. The molecule has 0 saturated heterocycles. The number of para-hydroxylation sites is 1. The van der Waals surface area contributed by atoms with Crippen molar-refractivity contribution in [1.29, 1.82) is 0 Å². The number of benzene rings is 2. The van der Waals surface area contributed by atoms with E-state index in [1.807, 2.05) is 30.3 Å². The zero-order valence-corrected chi connectivity index (χ0v) is 14.4. The summed E-state index contributed by atoms with van der Waals surface area (Å²) >= 11 is 2.18. The van der Waals surface area contributed by atoms with E-state index < -0.39 is 0 Å². The van der Waals surface area contributed by atoms with E-state index in [1.54, 1.807) is 13.2 Å². The number of halogens is 2. The maximum Gasteiger partial charge on any atom is 0.124 e. The number of methoxy groups -OCH3 is 1. The van der Waals surface area contributed by atoms with E-state index >= 15 is 0 Å². The zero-order chi connectivity index (χ0) is 15.2. The van der Waals surface area contributed by atoms with E-state index in [1.165, 1.54) is 6.07 Å². The molecule has 2 nitrogen and oxygen atoms in total. The first-order chi connectivity index (χ1) is 10.2. The molecular weight excluding hydrogens is 380 g/mol. The number of nitrogens with one attached hydrogen (secondary N) is 1. The minimum Gasteiger partial charge on any atom is -0.496 e. The van der Waals surface area contributed by atoms with Crippen LogP contribution in [0.15, 0.2) is 42.5 Å². The summed E-state index contributed by atoms with van der Waals surface area (Å²) in [6.07, 6.45) is 1.03. The third kappa shape index (κ3) is 3.95. The van der Waals surface area contributed by atoms with Gasteiger partial charge in [0.25, 0.3) is 0 Å². The predicted octanol–water partition coefficient (Wildman–Crippen LogP) is 4.53. The van der Waals surface area contributed by atoms with Crippen LogP contribution in [0.3, 0.4) is 0 Å². The molecule has 21 heavy (non-hydrogen) atoms. The van der Waals surface area contributed by atoms with Gasteiger partial charge in [-0.3, -0.25) is 0 Å². The first kappa shape index (κ1) is 16.2. The van der Waals surface area contributed by atoms with Gasteiger partial charge in [0.15, 0.2) is 0 Å². The van der Waals surface area contributed by atoms with Gasteiger partial charge in [0.1, 0.15) is 11.6 Å². The summed E-state index contributed by atoms with van der Waals surface area (Å²) in [6, 6.07) is 12.9. The largest absolute Gasteiger partial charge is 0.496 e. The van der Waals surface area contributed by atoms with Crippen LogP contribution in [0.2, 0.25) is 0 Å². The van der Waals surface area contributed by atoms with Crippen molar-refractivity contribution in [3.63, 3.8) is 0 Å². The molecular formula is C17H19FINO. The zero-order valence-electron chi connectivity index (χ0n) is 12.2. The molecule has 0 heterocycles. The lowest BCUT2D eigenvalue weighted by Crippen LogP contribution is -2.24. The fourth-order valence-electron chi connectivity index (χ4n) is 2.32. The first-order valence-electron chi connectivity index (χ1n) is 6.98. The minimum absolute atomic E-state index is 0.00593. The van der Waals surface area contributed by atoms with Crippen LogP contribution in [0, 0.1) is 9.39 Å². The molecule has 0 aliphatic heterocycles. The van der Waals surface area contributed by atoms with Gasteiger partial charge < -0.3 is 10.1 Å². The summed E-state index contributed by atoms with van der Waals surface area (Å²) in [5, 5.41) is 3.53. The molecule has 2 aromatic carbocycles. The van der Waals surface area contributed by atoms with E-state index in [0.717, 1.165) is 33.4 Å². The second kappa shape index (κ2) is 7.75. The van der Waals surface area contributed by atoms with Gasteiger partial charge in [0, 0.05) is 9.13 Å².